The number of H-pyrrole nitrogens is 1. The number of nitrogens with one attached hydrogen (secondary N) is 1. The zero-order chi connectivity index (χ0) is 35.3. The first-order valence-electron chi connectivity index (χ1n) is 20.1. The third-order valence-electron chi connectivity index (χ3n) is 13.0. The normalized spacial score (nSPS) is 22.7. The fraction of sp³-hybridized carbons (Fsp3) is 0.565. The third kappa shape index (κ3) is 6.57. The average molecular weight is 671 g/mol. The second-order valence-corrected chi connectivity index (χ2v) is 17.4. The van der Waals surface area contributed by atoms with Crippen LogP contribution in [0.2, 0.25) is 0 Å². The molecule has 2 aliphatic heterocycles. The van der Waals surface area contributed by atoms with Crippen LogP contribution in [0.4, 0.5) is 0 Å². The van der Waals surface area contributed by atoms with Crippen molar-refractivity contribution in [3.05, 3.63) is 69.3 Å². The fourth-order valence-electron chi connectivity index (χ4n) is 10.0. The summed E-state index contributed by atoms with van der Waals surface area (Å²) >= 11 is 0. The molecule has 2 atom stereocenters. The molecule has 5 heterocycles. The molecule has 266 valence electrons. The first-order valence-corrected chi connectivity index (χ1v) is 20.1. The fourth-order valence-corrected chi connectivity index (χ4v) is 10.0. The van der Waals surface area contributed by atoms with Gasteiger partial charge in [0.1, 0.15) is 0 Å². The van der Waals surface area contributed by atoms with Crippen LogP contribution in [0.15, 0.2) is 24.3 Å². The van der Waals surface area contributed by atoms with Crippen molar-refractivity contribution < 1.29 is 0 Å². The maximum atomic E-state index is 5.69. The lowest BCUT2D eigenvalue weighted by Gasteiger charge is -2.31. The summed E-state index contributed by atoms with van der Waals surface area (Å²) in [5.41, 5.74) is 15.0. The number of aromatic nitrogens is 4. The van der Waals surface area contributed by atoms with Crippen molar-refractivity contribution in [2.75, 3.05) is 0 Å². The van der Waals surface area contributed by atoms with Crippen molar-refractivity contribution in [2.24, 2.45) is 30.7 Å². The van der Waals surface area contributed by atoms with E-state index in [1.165, 1.54) is 113 Å². The summed E-state index contributed by atoms with van der Waals surface area (Å²) in [6.07, 6.45) is 20.7. The Morgan fingerprint density at radius 2 is 1.04 bits per heavy atom. The Labute approximate surface area is 301 Å². The van der Waals surface area contributed by atoms with E-state index in [0.29, 0.717) is 23.7 Å². The minimum atomic E-state index is 0.327. The van der Waals surface area contributed by atoms with E-state index in [1.54, 1.807) is 0 Å². The molecule has 0 amide bonds. The van der Waals surface area contributed by atoms with Crippen LogP contribution in [0.25, 0.3) is 46.4 Å². The van der Waals surface area contributed by atoms with Gasteiger partial charge in [0.05, 0.1) is 22.8 Å². The van der Waals surface area contributed by atoms with Gasteiger partial charge in [0.2, 0.25) is 0 Å². The molecule has 4 nitrogen and oxygen atoms in total. The highest BCUT2D eigenvalue weighted by molar-refractivity contribution is 5.84. The lowest BCUT2D eigenvalue weighted by molar-refractivity contribution is 0.259. The zero-order valence-corrected chi connectivity index (χ0v) is 32.4. The van der Waals surface area contributed by atoms with Gasteiger partial charge < -0.3 is 9.55 Å². The Kier molecular flexibility index (Phi) is 10.0. The van der Waals surface area contributed by atoms with Gasteiger partial charge in [-0.1, -0.05) is 68.2 Å². The van der Waals surface area contributed by atoms with Crippen LogP contribution < -0.4 is 0 Å². The van der Waals surface area contributed by atoms with Gasteiger partial charge in [0, 0.05) is 51.4 Å². The number of rotatable bonds is 6. The molecule has 0 spiro atoms. The molecule has 0 aromatic carbocycles. The lowest BCUT2D eigenvalue weighted by atomic mass is 9.74. The molecule has 1 N–H and O–H groups in total. The zero-order valence-electron chi connectivity index (χ0n) is 32.4. The van der Waals surface area contributed by atoms with Crippen molar-refractivity contribution in [3.8, 4) is 0 Å². The summed E-state index contributed by atoms with van der Waals surface area (Å²) in [6.45, 7) is 18.9. The quantitative estimate of drug-likeness (QED) is 0.183. The largest absolute Gasteiger partial charge is 0.355 e. The molecule has 7 rings (SSSR count). The molecule has 0 radical (unpaired) electrons. The summed E-state index contributed by atoms with van der Waals surface area (Å²) in [5.74, 6) is 4.79. The van der Waals surface area contributed by atoms with E-state index in [4.69, 9.17) is 9.97 Å². The highest BCUT2D eigenvalue weighted by atomic mass is 14.9. The number of fused-ring (bicyclic) bond motifs is 8. The summed E-state index contributed by atoms with van der Waals surface area (Å²) in [7, 11) is 2.29. The third-order valence-corrected chi connectivity index (χ3v) is 13.0. The van der Waals surface area contributed by atoms with Crippen LogP contribution in [-0.2, 0) is 7.05 Å². The first-order chi connectivity index (χ1) is 24.0. The molecule has 2 saturated carbocycles. The van der Waals surface area contributed by atoms with Crippen LogP contribution >= 0.6 is 0 Å². The molecule has 0 saturated heterocycles. The van der Waals surface area contributed by atoms with Crippen molar-refractivity contribution in [1.29, 1.82) is 0 Å². The van der Waals surface area contributed by atoms with Crippen LogP contribution in [0.5, 0.6) is 0 Å². The van der Waals surface area contributed by atoms with Crippen molar-refractivity contribution in [3.63, 3.8) is 0 Å². The molecule has 50 heavy (non-hydrogen) atoms. The van der Waals surface area contributed by atoms with Gasteiger partial charge in [0.25, 0.3) is 0 Å². The summed E-state index contributed by atoms with van der Waals surface area (Å²) in [5, 5.41) is 0. The summed E-state index contributed by atoms with van der Waals surface area (Å²) in [4.78, 5) is 15.1. The van der Waals surface area contributed by atoms with Gasteiger partial charge in [-0.25, -0.2) is 9.97 Å². The van der Waals surface area contributed by atoms with Crippen molar-refractivity contribution in [2.45, 2.75) is 137 Å². The van der Waals surface area contributed by atoms with Gasteiger partial charge in [-0.3, -0.25) is 0 Å². The summed E-state index contributed by atoms with van der Waals surface area (Å²) < 4.78 is 2.48. The molecule has 4 heteroatoms. The molecule has 2 unspecified atom stereocenters. The van der Waals surface area contributed by atoms with Crippen LogP contribution in [0, 0.1) is 23.7 Å². The minimum absolute atomic E-state index is 0.327. The predicted octanol–water partition coefficient (Wildman–Crippen LogP) is 13.2. The SMILES string of the molecule is CC(C)c1c2nc(c(C(C)C)c3ccc(c(C4CCCC(C(C)C)CC4)c4nc(c(C5CCC(C(C)C)CC5)c5ccc1[nH]5)C=C4)n3C)C=C2. The van der Waals surface area contributed by atoms with Gasteiger partial charge in [-0.05, 0) is 141 Å². The molecule has 2 aliphatic carbocycles. The number of nitrogens with zero attached hydrogens (tertiary/aromatic N) is 3. The Morgan fingerprint density at radius 1 is 0.540 bits per heavy atom. The van der Waals surface area contributed by atoms with Crippen LogP contribution in [0.3, 0.4) is 0 Å². The molecular formula is C46H62N4. The van der Waals surface area contributed by atoms with E-state index in [1.807, 2.05) is 0 Å². The smallest absolute Gasteiger partial charge is 0.0693 e. The predicted molar refractivity (Wildman–Crippen MR) is 215 cm³/mol. The second-order valence-electron chi connectivity index (χ2n) is 17.4. The maximum absolute atomic E-state index is 5.69. The van der Waals surface area contributed by atoms with Crippen LogP contribution in [0.1, 0.15) is 182 Å². The number of aromatic amines is 1. The van der Waals surface area contributed by atoms with E-state index in [-0.39, 0.29) is 0 Å². The van der Waals surface area contributed by atoms with Gasteiger partial charge >= 0.3 is 0 Å². The second kappa shape index (κ2) is 14.3. The molecular weight excluding hydrogens is 609 g/mol. The van der Waals surface area contributed by atoms with Crippen LogP contribution in [-0.4, -0.2) is 19.5 Å². The van der Waals surface area contributed by atoms with Crippen molar-refractivity contribution >= 4 is 46.4 Å². The average Bonchev–Trinajstić information content (AvgIpc) is 3.87. The number of hydrogen-bond acceptors (Lipinski definition) is 2. The topological polar surface area (TPSA) is 46.5 Å². The number of aryl methyl sites for hydroxylation is 1. The van der Waals surface area contributed by atoms with E-state index >= 15 is 0 Å². The van der Waals surface area contributed by atoms with Gasteiger partial charge in [-0.15, -0.1) is 0 Å². The number of hydrogen-bond donors (Lipinski definition) is 1. The Bertz CT molecular complexity index is 1940. The Hall–Kier alpha value is -3.40. The molecule has 2 fully saturated rings. The van der Waals surface area contributed by atoms with Gasteiger partial charge in [-0.2, -0.15) is 0 Å². The monoisotopic (exact) mass is 670 g/mol. The minimum Gasteiger partial charge on any atom is -0.355 e. The molecule has 4 aliphatic rings. The Balaban J connectivity index is 1.55. The lowest BCUT2D eigenvalue weighted by Crippen LogP contribution is -2.18. The van der Waals surface area contributed by atoms with E-state index < -0.39 is 0 Å². The first kappa shape index (κ1) is 35.0. The van der Waals surface area contributed by atoms with Crippen molar-refractivity contribution in [1.82, 2.24) is 19.5 Å². The van der Waals surface area contributed by atoms with E-state index in [2.05, 4.69) is 121 Å². The van der Waals surface area contributed by atoms with Gasteiger partial charge in [0.15, 0.2) is 0 Å². The van der Waals surface area contributed by atoms with E-state index in [9.17, 15) is 0 Å². The Morgan fingerprint density at radius 3 is 1.66 bits per heavy atom. The molecule has 8 bridgehead atoms. The molecule has 3 aromatic rings. The highest BCUT2D eigenvalue weighted by Gasteiger charge is 2.30. The van der Waals surface area contributed by atoms with E-state index in [0.717, 1.165) is 35.1 Å². The maximum Gasteiger partial charge on any atom is 0.0693 e. The summed E-state index contributed by atoms with van der Waals surface area (Å²) in [6, 6.07) is 9.41. The molecule has 3 aromatic heterocycles. The standard InChI is InChI=1S/C46H62N4/c1-27(2)31-11-10-12-33(16-13-31)46-40-24-23-39(49-40)45(34-17-14-32(15-18-34)28(3)4)38-22-20-36(48-38)43(29(5)6)35-19-21-37(47-35)44(30(7)8)41-25-26-42(46)50(41)9/h19-34,48H,10-18H2,1-9H3. The highest BCUT2D eigenvalue weighted by Crippen LogP contribution is 2.44.